The highest BCUT2D eigenvalue weighted by Gasteiger charge is 2.14. The fraction of sp³-hybridized carbons (Fsp3) is 0.100. The Morgan fingerprint density at radius 3 is 2.64 bits per heavy atom. The van der Waals surface area contributed by atoms with Gasteiger partial charge in [-0.25, -0.2) is 0 Å². The lowest BCUT2D eigenvalue weighted by Gasteiger charge is -2.02. The predicted molar refractivity (Wildman–Crippen MR) is 103 cm³/mol. The normalized spacial score (nSPS) is 14.2. The molecule has 0 bridgehead atoms. The standard InChI is InChI=1S/C20H16ClN3O/c21-15-8-5-13(6-9-15)7-10-19-17(20(25)24-23-19)11-14-12-22-18-4-2-1-3-16(14)18/h1-6,8-9,11-12H,7,10H2,(H2,23,24,25). The third-order valence-corrected chi connectivity index (χ3v) is 4.58. The number of para-hydroxylation sites is 1. The van der Waals surface area contributed by atoms with Gasteiger partial charge in [0.1, 0.15) is 0 Å². The van der Waals surface area contributed by atoms with Crippen molar-refractivity contribution in [2.45, 2.75) is 12.8 Å². The number of nitrogens with zero attached hydrogens (tertiary/aromatic N) is 1. The molecule has 25 heavy (non-hydrogen) atoms. The molecule has 0 radical (unpaired) electrons. The molecule has 2 heterocycles. The third kappa shape index (κ3) is 3.21. The fourth-order valence-electron chi connectivity index (χ4n) is 2.98. The van der Waals surface area contributed by atoms with Crippen molar-refractivity contribution in [1.29, 1.82) is 0 Å². The van der Waals surface area contributed by atoms with E-state index in [9.17, 15) is 4.79 Å². The summed E-state index contributed by atoms with van der Waals surface area (Å²) in [5.74, 6) is 0. The summed E-state index contributed by atoms with van der Waals surface area (Å²) in [5.41, 5.74) is 5.55. The van der Waals surface area contributed by atoms with E-state index in [0.29, 0.717) is 5.56 Å². The first kappa shape index (κ1) is 15.7. The largest absolute Gasteiger partial charge is 0.302 e. The van der Waals surface area contributed by atoms with Gasteiger partial charge < -0.3 is 5.10 Å². The van der Waals surface area contributed by atoms with Crippen LogP contribution in [0.15, 0.2) is 58.3 Å². The number of fused-ring (bicyclic) bond motifs is 1. The molecule has 0 amide bonds. The molecule has 0 spiro atoms. The molecule has 2 aromatic carbocycles. The van der Waals surface area contributed by atoms with Crippen molar-refractivity contribution in [2.24, 2.45) is 4.99 Å². The van der Waals surface area contributed by atoms with Crippen molar-refractivity contribution < 1.29 is 0 Å². The molecule has 0 saturated carbocycles. The molecule has 124 valence electrons. The maximum absolute atomic E-state index is 12.2. The molecular weight excluding hydrogens is 334 g/mol. The zero-order valence-electron chi connectivity index (χ0n) is 13.4. The topological polar surface area (TPSA) is 61.0 Å². The second-order valence-electron chi connectivity index (χ2n) is 5.97. The molecule has 0 atom stereocenters. The van der Waals surface area contributed by atoms with E-state index >= 15 is 0 Å². The van der Waals surface area contributed by atoms with Gasteiger partial charge in [-0.2, -0.15) is 0 Å². The number of aliphatic imine (C=N–C) groups is 1. The van der Waals surface area contributed by atoms with Gasteiger partial charge in [-0.1, -0.05) is 41.9 Å². The van der Waals surface area contributed by atoms with Crippen LogP contribution in [0.1, 0.15) is 22.4 Å². The molecule has 0 unspecified atom stereocenters. The van der Waals surface area contributed by atoms with Gasteiger partial charge in [0.25, 0.3) is 5.56 Å². The maximum atomic E-state index is 12.2. The SMILES string of the molecule is O=c1[nH][nH]c(CCc2ccc(Cl)cc2)c1C=C1C=Nc2ccccc21. The number of allylic oxidation sites excluding steroid dienone is 1. The fourth-order valence-corrected chi connectivity index (χ4v) is 3.11. The number of H-pyrrole nitrogens is 2. The average Bonchev–Trinajstić information content (AvgIpc) is 3.20. The molecule has 4 rings (SSSR count). The Morgan fingerprint density at radius 2 is 1.80 bits per heavy atom. The van der Waals surface area contributed by atoms with Crippen LogP contribution in [-0.4, -0.2) is 16.4 Å². The number of aromatic nitrogens is 2. The number of rotatable bonds is 4. The van der Waals surface area contributed by atoms with Gasteiger partial charge in [0.2, 0.25) is 0 Å². The van der Waals surface area contributed by atoms with Crippen molar-refractivity contribution >= 4 is 35.2 Å². The highest BCUT2D eigenvalue weighted by Crippen LogP contribution is 2.32. The van der Waals surface area contributed by atoms with Gasteiger partial charge in [-0.05, 0) is 42.7 Å². The van der Waals surface area contributed by atoms with Gasteiger partial charge in [0.15, 0.2) is 0 Å². The lowest BCUT2D eigenvalue weighted by atomic mass is 10.0. The van der Waals surface area contributed by atoms with Gasteiger partial charge in [0, 0.05) is 28.1 Å². The molecule has 0 fully saturated rings. The van der Waals surface area contributed by atoms with Crippen molar-refractivity contribution in [3.8, 4) is 0 Å². The van der Waals surface area contributed by atoms with Crippen LogP contribution >= 0.6 is 11.6 Å². The minimum Gasteiger partial charge on any atom is -0.302 e. The van der Waals surface area contributed by atoms with Gasteiger partial charge in [0.05, 0.1) is 11.3 Å². The molecule has 0 aliphatic carbocycles. The first-order valence-corrected chi connectivity index (χ1v) is 8.47. The number of nitrogens with one attached hydrogen (secondary N) is 2. The summed E-state index contributed by atoms with van der Waals surface area (Å²) < 4.78 is 0. The lowest BCUT2D eigenvalue weighted by Crippen LogP contribution is -2.03. The van der Waals surface area contributed by atoms with Gasteiger partial charge >= 0.3 is 0 Å². The second kappa shape index (κ2) is 6.57. The van der Waals surface area contributed by atoms with Crippen LogP contribution in [0.3, 0.4) is 0 Å². The van der Waals surface area contributed by atoms with E-state index in [4.69, 9.17) is 11.6 Å². The van der Waals surface area contributed by atoms with E-state index < -0.39 is 0 Å². The van der Waals surface area contributed by atoms with Crippen LogP contribution in [0, 0.1) is 0 Å². The quantitative estimate of drug-likeness (QED) is 0.720. The second-order valence-corrected chi connectivity index (χ2v) is 6.41. The molecule has 1 aliphatic rings. The molecule has 1 aliphatic heterocycles. The smallest absolute Gasteiger partial charge is 0.271 e. The number of benzene rings is 2. The van der Waals surface area contributed by atoms with Gasteiger partial charge in [-0.15, -0.1) is 0 Å². The Hall–Kier alpha value is -2.85. The number of aryl methyl sites for hydroxylation is 2. The minimum absolute atomic E-state index is 0.114. The van der Waals surface area contributed by atoms with E-state index in [2.05, 4.69) is 15.2 Å². The Labute approximate surface area is 149 Å². The minimum atomic E-state index is -0.114. The Balaban J connectivity index is 1.61. The first-order valence-electron chi connectivity index (χ1n) is 8.10. The lowest BCUT2D eigenvalue weighted by molar-refractivity contribution is 0.889. The van der Waals surface area contributed by atoms with Crippen LogP contribution in [-0.2, 0) is 12.8 Å². The van der Waals surface area contributed by atoms with E-state index in [1.165, 1.54) is 5.56 Å². The van der Waals surface area contributed by atoms with E-state index in [-0.39, 0.29) is 5.56 Å². The molecular formula is C20H16ClN3O. The van der Waals surface area contributed by atoms with E-state index in [0.717, 1.165) is 40.4 Å². The Morgan fingerprint density at radius 1 is 1.00 bits per heavy atom. The highest BCUT2D eigenvalue weighted by atomic mass is 35.5. The summed E-state index contributed by atoms with van der Waals surface area (Å²) in [6, 6.07) is 15.7. The van der Waals surface area contributed by atoms with Crippen LogP contribution in [0.5, 0.6) is 0 Å². The summed E-state index contributed by atoms with van der Waals surface area (Å²) in [7, 11) is 0. The van der Waals surface area contributed by atoms with Crippen LogP contribution in [0.4, 0.5) is 5.69 Å². The number of aromatic amines is 2. The van der Waals surface area contributed by atoms with E-state index in [1.54, 1.807) is 6.21 Å². The third-order valence-electron chi connectivity index (χ3n) is 4.33. The van der Waals surface area contributed by atoms with Crippen molar-refractivity contribution in [1.82, 2.24) is 10.2 Å². The first-order chi connectivity index (χ1) is 12.2. The summed E-state index contributed by atoms with van der Waals surface area (Å²) in [6.07, 6.45) is 5.27. The van der Waals surface area contributed by atoms with E-state index in [1.807, 2.05) is 54.6 Å². The summed E-state index contributed by atoms with van der Waals surface area (Å²) in [5, 5.41) is 6.42. The molecule has 3 aromatic rings. The number of halogens is 1. The van der Waals surface area contributed by atoms with Gasteiger partial charge in [-0.3, -0.25) is 14.9 Å². The summed E-state index contributed by atoms with van der Waals surface area (Å²) in [6.45, 7) is 0. The average molecular weight is 350 g/mol. The molecule has 4 nitrogen and oxygen atoms in total. The maximum Gasteiger partial charge on any atom is 0.271 e. The monoisotopic (exact) mass is 349 g/mol. The molecule has 1 aromatic heterocycles. The van der Waals surface area contributed by atoms with Crippen LogP contribution < -0.4 is 5.56 Å². The highest BCUT2D eigenvalue weighted by molar-refractivity contribution is 6.30. The number of hydrogen-bond donors (Lipinski definition) is 2. The molecule has 5 heteroatoms. The summed E-state index contributed by atoms with van der Waals surface area (Å²) in [4.78, 5) is 16.6. The van der Waals surface area contributed by atoms with Crippen molar-refractivity contribution in [3.05, 3.63) is 86.3 Å². The van der Waals surface area contributed by atoms with Crippen LogP contribution in [0.25, 0.3) is 11.6 Å². The predicted octanol–water partition coefficient (Wildman–Crippen LogP) is 4.40. The zero-order chi connectivity index (χ0) is 17.2. The zero-order valence-corrected chi connectivity index (χ0v) is 14.2. The van der Waals surface area contributed by atoms with Crippen LogP contribution in [0.2, 0.25) is 5.02 Å². The Bertz CT molecular complexity index is 1030. The van der Waals surface area contributed by atoms with Crippen molar-refractivity contribution in [3.63, 3.8) is 0 Å². The Kier molecular flexibility index (Phi) is 4.12. The van der Waals surface area contributed by atoms with Crippen molar-refractivity contribution in [2.75, 3.05) is 0 Å². The molecule has 2 N–H and O–H groups in total. The summed E-state index contributed by atoms with van der Waals surface area (Å²) >= 11 is 5.92. The molecule has 0 saturated heterocycles. The number of hydrogen-bond acceptors (Lipinski definition) is 2.